The van der Waals surface area contributed by atoms with Gasteiger partial charge in [0.15, 0.2) is 0 Å². The number of hydrogen-bond donors (Lipinski definition) is 2. The Labute approximate surface area is 156 Å². The highest BCUT2D eigenvalue weighted by Crippen LogP contribution is 2.48. The van der Waals surface area contributed by atoms with E-state index in [1.54, 1.807) is 0 Å². The number of rotatable bonds is 6. The molecule has 0 saturated heterocycles. The monoisotopic (exact) mass is 396 g/mol. The van der Waals surface area contributed by atoms with E-state index >= 15 is 0 Å². The molecule has 0 heterocycles. The molecule has 138 valence electrons. The summed E-state index contributed by atoms with van der Waals surface area (Å²) in [6, 6.07) is 12.4. The van der Waals surface area contributed by atoms with Gasteiger partial charge in [-0.05, 0) is 41.5 Å². The maximum Gasteiger partial charge on any atom is 0.250 e. The van der Waals surface area contributed by atoms with Crippen LogP contribution in [0.3, 0.4) is 0 Å². The molecule has 0 aromatic heterocycles. The molecule has 5 nitrogen and oxygen atoms in total. The van der Waals surface area contributed by atoms with Crippen LogP contribution >= 0.6 is 11.6 Å². The fourth-order valence-corrected chi connectivity index (χ4v) is 4.25. The van der Waals surface area contributed by atoms with Gasteiger partial charge in [0.25, 0.3) is 5.91 Å². The van der Waals surface area contributed by atoms with Crippen molar-refractivity contribution >= 4 is 27.5 Å². The Morgan fingerprint density at radius 1 is 1.27 bits per heavy atom. The molecular weight excluding hydrogens is 379 g/mol. The number of carbonyl (C=O) groups is 1. The largest absolute Gasteiger partial charge is 0.320 e. The maximum atomic E-state index is 13.4. The Balaban J connectivity index is 1.60. The number of hydrogen-bond acceptors (Lipinski definition) is 4. The second-order valence-corrected chi connectivity index (χ2v) is 8.55. The second kappa shape index (κ2) is 7.34. The molecule has 8 heteroatoms. The molecule has 3 rings (SSSR count). The Bertz CT molecular complexity index is 921. The third kappa shape index (κ3) is 4.41. The van der Waals surface area contributed by atoms with Gasteiger partial charge in [0, 0.05) is 0 Å². The van der Waals surface area contributed by atoms with E-state index in [4.69, 9.17) is 17.3 Å². The summed E-state index contributed by atoms with van der Waals surface area (Å²) in [5, 5.41) is -0.0992. The van der Waals surface area contributed by atoms with Crippen LogP contribution in [-0.4, -0.2) is 20.4 Å². The van der Waals surface area contributed by atoms with E-state index in [1.165, 1.54) is 12.1 Å². The van der Waals surface area contributed by atoms with Gasteiger partial charge in [-0.1, -0.05) is 48.0 Å². The molecule has 3 N–H and O–H groups in total. The lowest BCUT2D eigenvalue weighted by Gasteiger charge is -2.13. The topological polar surface area (TPSA) is 89.3 Å². The van der Waals surface area contributed by atoms with Crippen LogP contribution < -0.4 is 10.5 Å². The standard InChI is InChI=1S/C18H18ClFN2O3S/c19-15-7-6-11(8-16(15)20)10-26(24,25)22-18(23)17(21)14-9-13(14)12-4-2-1-3-5-12/h1-8,13-14,17H,9-10,21H2,(H,22,23). The number of benzene rings is 2. The number of sulfonamides is 1. The minimum absolute atomic E-state index is 0.0967. The first kappa shape index (κ1) is 18.8. The van der Waals surface area contributed by atoms with Crippen molar-refractivity contribution in [1.82, 2.24) is 4.72 Å². The molecule has 0 aliphatic heterocycles. The molecular formula is C18H18ClFN2O3S. The van der Waals surface area contributed by atoms with Crippen LogP contribution in [0.15, 0.2) is 48.5 Å². The number of halogens is 2. The number of carbonyl (C=O) groups excluding carboxylic acids is 1. The summed E-state index contributed by atoms with van der Waals surface area (Å²) in [6.45, 7) is 0. The van der Waals surface area contributed by atoms with Gasteiger partial charge in [0.2, 0.25) is 10.0 Å². The predicted octanol–water partition coefficient (Wildman–Crippen LogP) is 2.56. The predicted molar refractivity (Wildman–Crippen MR) is 97.4 cm³/mol. The van der Waals surface area contributed by atoms with Gasteiger partial charge in [-0.25, -0.2) is 12.8 Å². The Kier molecular flexibility index (Phi) is 5.32. The Morgan fingerprint density at radius 3 is 2.62 bits per heavy atom. The third-order valence-electron chi connectivity index (χ3n) is 4.43. The molecule has 0 radical (unpaired) electrons. The highest BCUT2D eigenvalue weighted by Gasteiger charge is 2.45. The molecule has 26 heavy (non-hydrogen) atoms. The molecule has 0 bridgehead atoms. The SMILES string of the molecule is NC(C(=O)NS(=O)(=O)Cc1ccc(Cl)c(F)c1)C1CC1c1ccccc1. The van der Waals surface area contributed by atoms with Crippen LogP contribution in [0.2, 0.25) is 5.02 Å². The van der Waals surface area contributed by atoms with Crippen molar-refractivity contribution in [2.75, 3.05) is 0 Å². The summed E-state index contributed by atoms with van der Waals surface area (Å²) in [5.41, 5.74) is 7.21. The fraction of sp³-hybridized carbons (Fsp3) is 0.278. The molecule has 1 saturated carbocycles. The van der Waals surface area contributed by atoms with E-state index < -0.39 is 33.5 Å². The summed E-state index contributed by atoms with van der Waals surface area (Å²) < 4.78 is 39.7. The van der Waals surface area contributed by atoms with Crippen molar-refractivity contribution in [1.29, 1.82) is 0 Å². The third-order valence-corrected chi connectivity index (χ3v) is 5.96. The number of amides is 1. The minimum Gasteiger partial charge on any atom is -0.320 e. The van der Waals surface area contributed by atoms with Crippen LogP contribution in [0.5, 0.6) is 0 Å². The van der Waals surface area contributed by atoms with Crippen LogP contribution in [0.1, 0.15) is 23.5 Å². The molecule has 2 aromatic carbocycles. The Morgan fingerprint density at radius 2 is 1.96 bits per heavy atom. The first-order valence-electron chi connectivity index (χ1n) is 8.05. The van der Waals surface area contributed by atoms with E-state index in [-0.39, 0.29) is 22.4 Å². The lowest BCUT2D eigenvalue weighted by Crippen LogP contribution is -2.45. The van der Waals surface area contributed by atoms with Gasteiger partial charge < -0.3 is 5.73 Å². The van der Waals surface area contributed by atoms with Gasteiger partial charge in [-0.3, -0.25) is 9.52 Å². The minimum atomic E-state index is -3.99. The van der Waals surface area contributed by atoms with Crippen molar-refractivity contribution in [2.24, 2.45) is 11.7 Å². The normalized spacial score (nSPS) is 20.4. The molecule has 1 amide bonds. The average Bonchev–Trinajstić information content (AvgIpc) is 3.38. The van der Waals surface area contributed by atoms with Gasteiger partial charge in [0.05, 0.1) is 16.8 Å². The molecule has 3 atom stereocenters. The molecule has 0 spiro atoms. The smallest absolute Gasteiger partial charge is 0.250 e. The second-order valence-electron chi connectivity index (χ2n) is 6.42. The van der Waals surface area contributed by atoms with E-state index in [0.29, 0.717) is 0 Å². The van der Waals surface area contributed by atoms with Crippen LogP contribution in [0.4, 0.5) is 4.39 Å². The first-order valence-corrected chi connectivity index (χ1v) is 10.1. The van der Waals surface area contributed by atoms with Crippen LogP contribution in [0.25, 0.3) is 0 Å². The van der Waals surface area contributed by atoms with E-state index in [9.17, 15) is 17.6 Å². The average molecular weight is 397 g/mol. The lowest BCUT2D eigenvalue weighted by molar-refractivity contribution is -0.121. The summed E-state index contributed by atoms with van der Waals surface area (Å²) >= 11 is 5.57. The zero-order valence-electron chi connectivity index (χ0n) is 13.7. The molecule has 2 aromatic rings. The highest BCUT2D eigenvalue weighted by molar-refractivity contribution is 7.89. The van der Waals surface area contributed by atoms with Crippen molar-refractivity contribution in [3.8, 4) is 0 Å². The van der Waals surface area contributed by atoms with E-state index in [2.05, 4.69) is 0 Å². The van der Waals surface area contributed by atoms with Gasteiger partial charge in [-0.15, -0.1) is 0 Å². The summed E-state index contributed by atoms with van der Waals surface area (Å²) in [6.07, 6.45) is 0.737. The number of nitrogens with one attached hydrogen (secondary N) is 1. The van der Waals surface area contributed by atoms with Gasteiger partial charge in [0.1, 0.15) is 5.82 Å². The van der Waals surface area contributed by atoms with Crippen molar-refractivity contribution in [3.63, 3.8) is 0 Å². The highest BCUT2D eigenvalue weighted by atomic mass is 35.5. The van der Waals surface area contributed by atoms with Crippen molar-refractivity contribution in [3.05, 3.63) is 70.5 Å². The molecule has 1 aliphatic carbocycles. The van der Waals surface area contributed by atoms with Crippen molar-refractivity contribution < 1.29 is 17.6 Å². The molecule has 3 unspecified atom stereocenters. The van der Waals surface area contributed by atoms with Crippen LogP contribution in [-0.2, 0) is 20.6 Å². The summed E-state index contributed by atoms with van der Waals surface area (Å²) in [7, 11) is -3.99. The number of nitrogens with two attached hydrogens (primary N) is 1. The first-order chi connectivity index (χ1) is 12.3. The summed E-state index contributed by atoms with van der Waals surface area (Å²) in [4.78, 5) is 12.2. The maximum absolute atomic E-state index is 13.4. The molecule has 1 fully saturated rings. The summed E-state index contributed by atoms with van der Waals surface area (Å²) in [5.74, 6) is -1.94. The van der Waals surface area contributed by atoms with Crippen molar-refractivity contribution in [2.45, 2.75) is 24.1 Å². The zero-order valence-corrected chi connectivity index (χ0v) is 15.3. The van der Waals surface area contributed by atoms with E-state index in [1.807, 2.05) is 35.1 Å². The quantitative estimate of drug-likeness (QED) is 0.785. The zero-order chi connectivity index (χ0) is 18.9. The molecule has 1 aliphatic rings. The van der Waals surface area contributed by atoms with Crippen LogP contribution in [0, 0.1) is 11.7 Å². The fourth-order valence-electron chi connectivity index (χ4n) is 3.00. The lowest BCUT2D eigenvalue weighted by atomic mass is 10.1. The Hall–Kier alpha value is -1.96. The van der Waals surface area contributed by atoms with Gasteiger partial charge in [-0.2, -0.15) is 0 Å². The van der Waals surface area contributed by atoms with E-state index in [0.717, 1.165) is 18.1 Å². The van der Waals surface area contributed by atoms with Gasteiger partial charge >= 0.3 is 0 Å².